The number of ether oxygens (including phenoxy) is 2. The Bertz CT molecular complexity index is 1380. The monoisotopic (exact) mass is 511 g/mol. The standard InChI is InChI=1S/C26H19Cl2NO6/c1-34-20-9-4-3-8-17(20)22-21(23(30)14-10-11-18(27)19(28)13-14)24(31)25(32)29(22)16-7-5-6-15(12-16)26(33)35-2/h3-13,22,30H,1-2H3/b23-21+. The molecule has 1 atom stereocenters. The van der Waals surface area contributed by atoms with Gasteiger partial charge >= 0.3 is 5.97 Å². The van der Waals surface area contributed by atoms with Crippen molar-refractivity contribution in [3.8, 4) is 5.75 Å². The number of rotatable bonds is 5. The first-order chi connectivity index (χ1) is 16.8. The normalized spacial score (nSPS) is 16.9. The van der Waals surface area contributed by atoms with Crippen molar-refractivity contribution in [2.45, 2.75) is 6.04 Å². The van der Waals surface area contributed by atoms with E-state index < -0.39 is 29.5 Å². The summed E-state index contributed by atoms with van der Waals surface area (Å²) < 4.78 is 10.3. The van der Waals surface area contributed by atoms with Crippen molar-refractivity contribution in [1.29, 1.82) is 0 Å². The van der Waals surface area contributed by atoms with Crippen molar-refractivity contribution >= 4 is 52.3 Å². The Labute approximate surface area is 211 Å². The predicted molar refractivity (Wildman–Crippen MR) is 132 cm³/mol. The van der Waals surface area contributed by atoms with Crippen LogP contribution < -0.4 is 9.64 Å². The van der Waals surface area contributed by atoms with Gasteiger partial charge in [-0.2, -0.15) is 0 Å². The van der Waals surface area contributed by atoms with Crippen molar-refractivity contribution < 1.29 is 29.0 Å². The first kappa shape index (κ1) is 24.3. The molecule has 0 saturated carbocycles. The van der Waals surface area contributed by atoms with Gasteiger partial charge in [0.1, 0.15) is 11.5 Å². The Morgan fingerprint density at radius 2 is 1.66 bits per heavy atom. The molecule has 0 aliphatic carbocycles. The topological polar surface area (TPSA) is 93.1 Å². The highest BCUT2D eigenvalue weighted by atomic mass is 35.5. The quantitative estimate of drug-likeness (QED) is 0.213. The van der Waals surface area contributed by atoms with Crippen LogP contribution in [0.2, 0.25) is 10.0 Å². The molecule has 0 spiro atoms. The molecule has 7 nitrogen and oxygen atoms in total. The number of hydrogen-bond donors (Lipinski definition) is 1. The minimum atomic E-state index is -1.06. The van der Waals surface area contributed by atoms with Crippen molar-refractivity contribution in [1.82, 2.24) is 0 Å². The van der Waals surface area contributed by atoms with Crippen LogP contribution in [0.5, 0.6) is 5.75 Å². The lowest BCUT2D eigenvalue weighted by atomic mass is 9.94. The van der Waals surface area contributed by atoms with Crippen LogP contribution in [0.4, 0.5) is 5.69 Å². The molecule has 0 aromatic heterocycles. The van der Waals surface area contributed by atoms with Gasteiger partial charge in [0.25, 0.3) is 11.7 Å². The number of halogens is 2. The molecule has 35 heavy (non-hydrogen) atoms. The van der Waals surface area contributed by atoms with E-state index in [1.54, 1.807) is 36.4 Å². The molecule has 1 aliphatic rings. The van der Waals surface area contributed by atoms with Crippen LogP contribution in [0.1, 0.15) is 27.5 Å². The zero-order chi connectivity index (χ0) is 25.3. The molecule has 178 valence electrons. The molecular weight excluding hydrogens is 493 g/mol. The van der Waals surface area contributed by atoms with Crippen molar-refractivity contribution in [2.24, 2.45) is 0 Å². The Hall–Kier alpha value is -3.81. The third-order valence-electron chi connectivity index (χ3n) is 5.62. The number of benzene rings is 3. The average Bonchev–Trinajstić information content (AvgIpc) is 3.14. The minimum absolute atomic E-state index is 0.165. The summed E-state index contributed by atoms with van der Waals surface area (Å²) in [5, 5.41) is 11.7. The van der Waals surface area contributed by atoms with Crippen molar-refractivity contribution in [3.63, 3.8) is 0 Å². The number of hydrogen-bond acceptors (Lipinski definition) is 6. The van der Waals surface area contributed by atoms with Gasteiger partial charge in [-0.1, -0.05) is 47.5 Å². The molecule has 1 N–H and O–H groups in total. The van der Waals surface area contributed by atoms with Gasteiger partial charge in [0.15, 0.2) is 0 Å². The SMILES string of the molecule is COC(=O)c1cccc(N2C(=O)C(=O)/C(=C(/O)c3ccc(Cl)c(Cl)c3)C2c2ccccc2OC)c1. The largest absolute Gasteiger partial charge is 0.507 e. The number of nitrogens with zero attached hydrogens (tertiary/aromatic N) is 1. The summed E-state index contributed by atoms with van der Waals surface area (Å²) in [6, 6.07) is 16.3. The third-order valence-corrected chi connectivity index (χ3v) is 6.36. The minimum Gasteiger partial charge on any atom is -0.507 e. The Kier molecular flexibility index (Phi) is 6.82. The zero-order valence-electron chi connectivity index (χ0n) is 18.6. The summed E-state index contributed by atoms with van der Waals surface area (Å²) >= 11 is 12.1. The first-order valence-electron chi connectivity index (χ1n) is 10.4. The molecule has 1 amide bonds. The number of aliphatic hydroxyl groups excluding tert-OH is 1. The molecule has 1 aliphatic heterocycles. The number of esters is 1. The van der Waals surface area contributed by atoms with Gasteiger partial charge in [-0.05, 0) is 42.5 Å². The van der Waals surface area contributed by atoms with E-state index in [1.807, 2.05) is 0 Å². The van der Waals surface area contributed by atoms with Gasteiger partial charge in [0, 0.05) is 16.8 Å². The van der Waals surface area contributed by atoms with Crippen LogP contribution in [-0.2, 0) is 14.3 Å². The summed E-state index contributed by atoms with van der Waals surface area (Å²) in [7, 11) is 2.70. The number of anilines is 1. The maximum Gasteiger partial charge on any atom is 0.337 e. The summed E-state index contributed by atoms with van der Waals surface area (Å²) in [4.78, 5) is 40.0. The van der Waals surface area contributed by atoms with Crippen molar-refractivity contribution in [3.05, 3.63) is 99.0 Å². The fraction of sp³-hybridized carbons (Fsp3) is 0.115. The van der Waals surface area contributed by atoms with E-state index in [2.05, 4.69) is 0 Å². The van der Waals surface area contributed by atoms with Crippen LogP contribution in [0, 0.1) is 0 Å². The Morgan fingerprint density at radius 3 is 2.34 bits per heavy atom. The molecule has 3 aromatic rings. The summed E-state index contributed by atoms with van der Waals surface area (Å²) in [6.45, 7) is 0. The molecule has 4 rings (SSSR count). The van der Waals surface area contributed by atoms with E-state index in [4.69, 9.17) is 32.7 Å². The molecule has 1 unspecified atom stereocenters. The van der Waals surface area contributed by atoms with Gasteiger partial charge in [0.2, 0.25) is 0 Å². The van der Waals surface area contributed by atoms with E-state index in [1.165, 1.54) is 49.5 Å². The fourth-order valence-corrected chi connectivity index (χ4v) is 4.28. The third kappa shape index (κ3) is 4.36. The Balaban J connectivity index is 1.98. The number of amides is 1. The van der Waals surface area contributed by atoms with Gasteiger partial charge in [-0.15, -0.1) is 0 Å². The average molecular weight is 512 g/mol. The highest BCUT2D eigenvalue weighted by molar-refractivity contribution is 6.52. The van der Waals surface area contributed by atoms with E-state index in [-0.39, 0.29) is 32.4 Å². The van der Waals surface area contributed by atoms with Crippen LogP contribution >= 0.6 is 23.2 Å². The molecule has 0 radical (unpaired) electrons. The number of para-hydroxylation sites is 1. The first-order valence-corrected chi connectivity index (χ1v) is 11.1. The summed E-state index contributed by atoms with van der Waals surface area (Å²) in [5.74, 6) is -2.43. The maximum atomic E-state index is 13.3. The van der Waals surface area contributed by atoms with E-state index in [0.29, 0.717) is 11.3 Å². The number of Topliss-reactive ketones (excluding diaryl/α,β-unsaturated/α-hetero) is 1. The number of methoxy groups -OCH3 is 2. The number of carbonyl (C=O) groups excluding carboxylic acids is 3. The molecule has 3 aromatic carbocycles. The van der Waals surface area contributed by atoms with Crippen molar-refractivity contribution in [2.75, 3.05) is 19.1 Å². The highest BCUT2D eigenvalue weighted by Crippen LogP contribution is 2.45. The number of ketones is 1. The molecule has 0 bridgehead atoms. The molecular formula is C26H19Cl2NO6. The lowest BCUT2D eigenvalue weighted by Gasteiger charge is -2.27. The smallest absolute Gasteiger partial charge is 0.337 e. The molecule has 1 heterocycles. The van der Waals surface area contributed by atoms with Gasteiger partial charge in [0.05, 0.1) is 41.4 Å². The maximum absolute atomic E-state index is 13.3. The summed E-state index contributed by atoms with van der Waals surface area (Å²) in [6.07, 6.45) is 0. The second-order valence-corrected chi connectivity index (χ2v) is 8.40. The van der Waals surface area contributed by atoms with E-state index in [0.717, 1.165) is 0 Å². The zero-order valence-corrected chi connectivity index (χ0v) is 20.1. The second-order valence-electron chi connectivity index (χ2n) is 7.58. The molecule has 1 fully saturated rings. The second kappa shape index (κ2) is 9.82. The molecule has 9 heteroatoms. The lowest BCUT2D eigenvalue weighted by Crippen LogP contribution is -2.29. The summed E-state index contributed by atoms with van der Waals surface area (Å²) in [5.41, 5.74) is 0.954. The Morgan fingerprint density at radius 1 is 0.914 bits per heavy atom. The van der Waals surface area contributed by atoms with E-state index in [9.17, 15) is 19.5 Å². The van der Waals surface area contributed by atoms with Gasteiger partial charge < -0.3 is 14.6 Å². The van der Waals surface area contributed by atoms with Gasteiger partial charge in [-0.25, -0.2) is 4.79 Å². The van der Waals surface area contributed by atoms with Crippen LogP contribution in [-0.4, -0.2) is 37.0 Å². The van der Waals surface area contributed by atoms with Crippen LogP contribution in [0.25, 0.3) is 5.76 Å². The van der Waals surface area contributed by atoms with E-state index >= 15 is 0 Å². The van der Waals surface area contributed by atoms with Crippen LogP contribution in [0.15, 0.2) is 72.3 Å². The fourth-order valence-electron chi connectivity index (χ4n) is 3.98. The van der Waals surface area contributed by atoms with Crippen LogP contribution in [0.3, 0.4) is 0 Å². The number of carbonyl (C=O) groups is 3. The highest BCUT2D eigenvalue weighted by Gasteiger charge is 2.48. The molecule has 1 saturated heterocycles. The lowest BCUT2D eigenvalue weighted by molar-refractivity contribution is -0.132. The predicted octanol–water partition coefficient (Wildman–Crippen LogP) is 5.41. The number of aliphatic hydroxyl groups is 1. The van der Waals surface area contributed by atoms with Gasteiger partial charge in [-0.3, -0.25) is 14.5 Å².